The molecule has 37 heavy (non-hydrogen) atoms. The van der Waals surface area contributed by atoms with Gasteiger partial charge in [-0.05, 0) is 55.5 Å². The number of nitrogens with one attached hydrogen (secondary N) is 1. The lowest BCUT2D eigenvalue weighted by Gasteiger charge is -2.37. The Hall–Kier alpha value is -3.87. The smallest absolute Gasteiger partial charge is 0.416 e. The molecule has 13 heteroatoms. The van der Waals surface area contributed by atoms with Crippen LogP contribution in [0.5, 0.6) is 5.75 Å². The van der Waals surface area contributed by atoms with E-state index in [2.05, 4.69) is 14.7 Å². The molecule has 0 bridgehead atoms. The van der Waals surface area contributed by atoms with Gasteiger partial charge in [0, 0.05) is 39.5 Å². The molecule has 1 aliphatic rings. The summed E-state index contributed by atoms with van der Waals surface area (Å²) in [5, 5.41) is 0. The number of carbonyl (C=O) groups excluding carboxylic acids is 1. The Kier molecular flexibility index (Phi) is 7.52. The van der Waals surface area contributed by atoms with E-state index in [9.17, 15) is 26.4 Å². The highest BCUT2D eigenvalue weighted by Crippen LogP contribution is 2.31. The SMILES string of the molecule is CC(Oc1cccc(C(F)(F)F)c1)C(=O)N1CCN(c2ccc(S(=O)(=O)Nc3ccncn3)cc2)CC1.[HH]. The average molecular weight is 538 g/mol. The van der Waals surface area contributed by atoms with Gasteiger partial charge >= 0.3 is 6.18 Å². The summed E-state index contributed by atoms with van der Waals surface area (Å²) in [5.41, 5.74) is -0.0526. The van der Waals surface area contributed by atoms with Crippen LogP contribution in [-0.4, -0.2) is 61.5 Å². The Labute approximate surface area is 213 Å². The van der Waals surface area contributed by atoms with E-state index in [-0.39, 0.29) is 23.8 Å². The molecule has 1 unspecified atom stereocenters. The average Bonchev–Trinajstić information content (AvgIpc) is 2.88. The molecule has 0 aliphatic carbocycles. The maximum atomic E-state index is 12.9. The van der Waals surface area contributed by atoms with Crippen LogP contribution in [0.25, 0.3) is 0 Å². The standard InChI is InChI=1S/C24H24F3N5O4S.H2/c1-17(36-20-4-2-3-18(15-20)24(25,26)27)23(33)32-13-11-31(12-14-32)19-5-7-21(8-6-19)37(34,35)30-22-9-10-28-16-29-22;/h2-10,15-17H,11-14H2,1H3,(H,28,29,30);1H. The van der Waals surface area contributed by atoms with Crippen molar-refractivity contribution in [3.63, 3.8) is 0 Å². The number of anilines is 2. The number of aromatic nitrogens is 2. The van der Waals surface area contributed by atoms with Crippen molar-refractivity contribution in [2.75, 3.05) is 35.8 Å². The van der Waals surface area contributed by atoms with Crippen molar-refractivity contribution in [1.82, 2.24) is 14.9 Å². The van der Waals surface area contributed by atoms with E-state index in [0.29, 0.717) is 26.2 Å². The Morgan fingerprint density at radius 1 is 1.08 bits per heavy atom. The summed E-state index contributed by atoms with van der Waals surface area (Å²) < 4.78 is 71.8. The van der Waals surface area contributed by atoms with Crippen LogP contribution in [0.1, 0.15) is 13.9 Å². The van der Waals surface area contributed by atoms with Gasteiger partial charge in [0.15, 0.2) is 6.10 Å². The normalized spacial score (nSPS) is 15.2. The van der Waals surface area contributed by atoms with Crippen molar-refractivity contribution in [1.29, 1.82) is 0 Å². The third-order valence-corrected chi connectivity index (χ3v) is 7.12. The number of piperazine rings is 1. The van der Waals surface area contributed by atoms with E-state index in [1.54, 1.807) is 17.0 Å². The second kappa shape index (κ2) is 10.6. The summed E-state index contributed by atoms with van der Waals surface area (Å²) in [7, 11) is -3.82. The van der Waals surface area contributed by atoms with Gasteiger partial charge in [0.25, 0.3) is 15.9 Å². The first-order valence-corrected chi connectivity index (χ1v) is 12.8. The first-order chi connectivity index (χ1) is 17.5. The summed E-state index contributed by atoms with van der Waals surface area (Å²) in [6, 6.07) is 12.2. The predicted octanol–water partition coefficient (Wildman–Crippen LogP) is 3.66. The maximum Gasteiger partial charge on any atom is 0.416 e. The number of rotatable bonds is 7. The van der Waals surface area contributed by atoms with E-state index in [1.165, 1.54) is 49.8 Å². The van der Waals surface area contributed by atoms with Crippen molar-refractivity contribution in [3.8, 4) is 5.75 Å². The molecule has 1 aromatic heterocycles. The van der Waals surface area contributed by atoms with Crippen LogP contribution < -0.4 is 14.4 Å². The largest absolute Gasteiger partial charge is 0.481 e. The Balaban J connectivity index is 0.00000400. The van der Waals surface area contributed by atoms with Crippen LogP contribution in [0.4, 0.5) is 24.7 Å². The van der Waals surface area contributed by atoms with Crippen molar-refractivity contribution >= 4 is 27.4 Å². The Morgan fingerprint density at radius 3 is 2.41 bits per heavy atom. The lowest BCUT2D eigenvalue weighted by Crippen LogP contribution is -2.52. The van der Waals surface area contributed by atoms with E-state index in [1.807, 2.05) is 4.90 Å². The summed E-state index contributed by atoms with van der Waals surface area (Å²) >= 11 is 0. The van der Waals surface area contributed by atoms with Gasteiger partial charge < -0.3 is 14.5 Å². The number of benzene rings is 2. The second-order valence-corrected chi connectivity index (χ2v) is 9.97. The molecule has 2 heterocycles. The predicted molar refractivity (Wildman–Crippen MR) is 132 cm³/mol. The first-order valence-electron chi connectivity index (χ1n) is 11.3. The molecule has 0 radical (unpaired) electrons. The highest BCUT2D eigenvalue weighted by molar-refractivity contribution is 7.92. The zero-order valence-corrected chi connectivity index (χ0v) is 20.5. The minimum atomic E-state index is -4.50. The van der Waals surface area contributed by atoms with E-state index in [0.717, 1.165) is 17.8 Å². The first kappa shape index (κ1) is 26.2. The molecule has 4 rings (SSSR count). The lowest BCUT2D eigenvalue weighted by atomic mass is 10.2. The fourth-order valence-corrected chi connectivity index (χ4v) is 4.83. The van der Waals surface area contributed by atoms with Crippen LogP contribution in [0.3, 0.4) is 0 Å². The van der Waals surface area contributed by atoms with Gasteiger partial charge in [-0.3, -0.25) is 9.52 Å². The van der Waals surface area contributed by atoms with Gasteiger partial charge in [0.05, 0.1) is 10.5 Å². The Morgan fingerprint density at radius 2 is 1.78 bits per heavy atom. The van der Waals surface area contributed by atoms with Crippen molar-refractivity contribution in [3.05, 3.63) is 72.7 Å². The molecular formula is C24H26F3N5O4S. The van der Waals surface area contributed by atoms with Crippen molar-refractivity contribution in [2.45, 2.75) is 24.1 Å². The molecule has 0 spiro atoms. The monoisotopic (exact) mass is 537 g/mol. The number of hydrogen-bond donors (Lipinski definition) is 1. The minimum Gasteiger partial charge on any atom is -0.481 e. The van der Waals surface area contributed by atoms with Crippen molar-refractivity contribution in [2.24, 2.45) is 0 Å². The molecule has 198 valence electrons. The fourth-order valence-electron chi connectivity index (χ4n) is 3.83. The summed E-state index contributed by atoms with van der Waals surface area (Å²) in [6.45, 7) is 3.25. The van der Waals surface area contributed by atoms with Gasteiger partial charge in [-0.15, -0.1) is 0 Å². The van der Waals surface area contributed by atoms with Crippen molar-refractivity contribution < 1.29 is 32.5 Å². The zero-order valence-electron chi connectivity index (χ0n) is 19.7. The Bertz CT molecular complexity index is 1340. The third-order valence-electron chi connectivity index (χ3n) is 5.75. The molecule has 1 atom stereocenters. The van der Waals surface area contributed by atoms with E-state index < -0.39 is 27.9 Å². The second-order valence-electron chi connectivity index (χ2n) is 8.29. The molecular weight excluding hydrogens is 511 g/mol. The van der Waals surface area contributed by atoms with Gasteiger partial charge in [0.2, 0.25) is 0 Å². The number of nitrogens with zero attached hydrogens (tertiary/aromatic N) is 4. The van der Waals surface area contributed by atoms with Crippen LogP contribution in [0, 0.1) is 0 Å². The van der Waals surface area contributed by atoms with Gasteiger partial charge in [-0.25, -0.2) is 18.4 Å². The third kappa shape index (κ3) is 6.47. The van der Waals surface area contributed by atoms with E-state index in [4.69, 9.17) is 4.74 Å². The number of amides is 1. The quantitative estimate of drug-likeness (QED) is 0.491. The molecule has 0 saturated carbocycles. The van der Waals surface area contributed by atoms with Gasteiger partial charge in [-0.2, -0.15) is 13.2 Å². The fraction of sp³-hybridized carbons (Fsp3) is 0.292. The van der Waals surface area contributed by atoms with Crippen LogP contribution in [0.2, 0.25) is 0 Å². The lowest BCUT2D eigenvalue weighted by molar-refractivity contribution is -0.138. The number of sulfonamides is 1. The molecule has 9 nitrogen and oxygen atoms in total. The number of alkyl halides is 3. The topological polar surface area (TPSA) is 105 Å². The van der Waals surface area contributed by atoms with Crippen LogP contribution in [-0.2, 0) is 21.0 Å². The number of halogens is 3. The highest BCUT2D eigenvalue weighted by atomic mass is 32.2. The number of hydrogen-bond acceptors (Lipinski definition) is 7. The molecule has 1 fully saturated rings. The van der Waals surface area contributed by atoms with Gasteiger partial charge in [0.1, 0.15) is 17.9 Å². The molecule has 3 aromatic rings. The molecule has 1 aliphatic heterocycles. The number of carbonyl (C=O) groups is 1. The maximum absolute atomic E-state index is 12.9. The number of ether oxygens (including phenoxy) is 1. The van der Waals surface area contributed by atoms with Crippen LogP contribution in [0.15, 0.2) is 72.0 Å². The van der Waals surface area contributed by atoms with E-state index >= 15 is 0 Å². The molecule has 1 N–H and O–H groups in total. The van der Waals surface area contributed by atoms with Gasteiger partial charge in [-0.1, -0.05) is 6.07 Å². The highest BCUT2D eigenvalue weighted by Gasteiger charge is 2.31. The summed E-state index contributed by atoms with van der Waals surface area (Å²) in [5.74, 6) is -0.195. The summed E-state index contributed by atoms with van der Waals surface area (Å²) in [4.78, 5) is 24.1. The zero-order chi connectivity index (χ0) is 26.6. The van der Waals surface area contributed by atoms with Crippen LogP contribution >= 0.6 is 0 Å². The molecule has 1 amide bonds. The molecule has 2 aromatic carbocycles. The summed E-state index contributed by atoms with van der Waals surface area (Å²) in [6.07, 6.45) is -2.79. The molecule has 1 saturated heterocycles. The minimum absolute atomic E-state index is 0.